The third-order valence-corrected chi connectivity index (χ3v) is 5.52. The van der Waals surface area contributed by atoms with Crippen LogP contribution in [0.2, 0.25) is 0 Å². The Labute approximate surface area is 162 Å². The molecule has 0 spiro atoms. The summed E-state index contributed by atoms with van der Waals surface area (Å²) in [6.07, 6.45) is 1.99. The molecule has 1 fully saturated rings. The van der Waals surface area contributed by atoms with Crippen molar-refractivity contribution >= 4 is 0 Å². The molecule has 3 aromatic carbocycles. The van der Waals surface area contributed by atoms with Gasteiger partial charge in [0, 0.05) is 13.1 Å². The fraction of sp³-hybridized carbons (Fsp3) is 0.280. The van der Waals surface area contributed by atoms with Gasteiger partial charge in [-0.1, -0.05) is 91.0 Å². The molecule has 0 aliphatic carbocycles. The second-order valence-electron chi connectivity index (χ2n) is 7.51. The van der Waals surface area contributed by atoms with Crippen molar-refractivity contribution in [3.63, 3.8) is 0 Å². The molecule has 0 N–H and O–H groups in total. The van der Waals surface area contributed by atoms with Gasteiger partial charge in [-0.2, -0.15) is 0 Å². The Kier molecular flexibility index (Phi) is 5.66. The molecule has 0 amide bonds. The van der Waals surface area contributed by atoms with Crippen LogP contribution in [0.25, 0.3) is 0 Å². The van der Waals surface area contributed by atoms with Crippen LogP contribution in [-0.2, 0) is 24.1 Å². The summed E-state index contributed by atoms with van der Waals surface area (Å²) in [5.74, 6) is 0. The number of hydrogen-bond acceptors (Lipinski definition) is 2. The highest BCUT2D eigenvalue weighted by Crippen LogP contribution is 2.30. The zero-order valence-electron chi connectivity index (χ0n) is 15.8. The Morgan fingerprint density at radius 3 is 1.67 bits per heavy atom. The van der Waals surface area contributed by atoms with Crippen LogP contribution < -0.4 is 0 Å². The Morgan fingerprint density at radius 1 is 0.667 bits per heavy atom. The van der Waals surface area contributed by atoms with Crippen LogP contribution >= 0.6 is 0 Å². The van der Waals surface area contributed by atoms with E-state index in [1.807, 2.05) is 0 Å². The van der Waals surface area contributed by atoms with E-state index in [0.29, 0.717) is 0 Å². The van der Waals surface area contributed by atoms with Crippen molar-refractivity contribution in [3.05, 3.63) is 108 Å². The van der Waals surface area contributed by atoms with E-state index >= 15 is 0 Å². The molecule has 1 saturated heterocycles. The summed E-state index contributed by atoms with van der Waals surface area (Å²) in [6, 6.07) is 32.5. The van der Waals surface area contributed by atoms with Gasteiger partial charge in [-0.3, -0.25) is 4.90 Å². The maximum absolute atomic E-state index is 6.06. The lowest BCUT2D eigenvalue weighted by molar-refractivity contribution is -0.0735. The van der Waals surface area contributed by atoms with Gasteiger partial charge in [-0.15, -0.1) is 0 Å². The third kappa shape index (κ3) is 4.47. The van der Waals surface area contributed by atoms with Gasteiger partial charge in [-0.05, 0) is 29.5 Å². The Balaban J connectivity index is 1.67. The first-order chi connectivity index (χ1) is 13.3. The van der Waals surface area contributed by atoms with Crippen LogP contribution in [0.5, 0.6) is 0 Å². The van der Waals surface area contributed by atoms with Gasteiger partial charge >= 0.3 is 0 Å². The van der Waals surface area contributed by atoms with Crippen molar-refractivity contribution in [1.29, 1.82) is 0 Å². The number of morpholine rings is 1. The summed E-state index contributed by atoms with van der Waals surface area (Å²) in [5.41, 5.74) is 4.08. The van der Waals surface area contributed by atoms with E-state index in [0.717, 1.165) is 39.1 Å². The molecule has 138 valence electrons. The molecule has 0 atom stereocenters. The molecule has 1 aliphatic rings. The highest BCUT2D eigenvalue weighted by molar-refractivity contribution is 5.24. The molecule has 27 heavy (non-hydrogen) atoms. The number of benzene rings is 3. The van der Waals surface area contributed by atoms with Crippen LogP contribution in [0, 0.1) is 0 Å². The normalized spacial score (nSPS) is 16.9. The molecule has 3 aromatic rings. The van der Waals surface area contributed by atoms with E-state index in [1.54, 1.807) is 0 Å². The van der Waals surface area contributed by atoms with E-state index < -0.39 is 0 Å². The summed E-state index contributed by atoms with van der Waals surface area (Å²) in [5, 5.41) is 0. The molecule has 0 aromatic heterocycles. The number of rotatable bonds is 6. The molecule has 0 unspecified atom stereocenters. The average Bonchev–Trinajstić information content (AvgIpc) is 2.72. The fourth-order valence-electron chi connectivity index (χ4n) is 4.16. The number of nitrogens with zero attached hydrogens (tertiary/aromatic N) is 1. The fourth-order valence-corrected chi connectivity index (χ4v) is 4.16. The Morgan fingerprint density at radius 2 is 1.15 bits per heavy atom. The van der Waals surface area contributed by atoms with E-state index in [4.69, 9.17) is 4.74 Å². The first-order valence-corrected chi connectivity index (χ1v) is 9.79. The third-order valence-electron chi connectivity index (χ3n) is 5.52. The monoisotopic (exact) mass is 357 g/mol. The standard InChI is InChI=1S/C25H27NO/c1-4-10-22(11-5-1)18-25(19-23-12-6-2-7-13-23)21-27-17-16-26(25)20-24-14-8-3-9-15-24/h1-15H,16-21H2. The largest absolute Gasteiger partial charge is 0.378 e. The van der Waals surface area contributed by atoms with Crippen molar-refractivity contribution in [1.82, 2.24) is 4.90 Å². The predicted molar refractivity (Wildman–Crippen MR) is 111 cm³/mol. The minimum absolute atomic E-state index is 0.0310. The molecule has 0 bridgehead atoms. The molecule has 0 radical (unpaired) electrons. The van der Waals surface area contributed by atoms with E-state index in [2.05, 4.69) is 95.9 Å². The lowest BCUT2D eigenvalue weighted by Gasteiger charge is -2.47. The lowest BCUT2D eigenvalue weighted by Crippen LogP contribution is -2.59. The van der Waals surface area contributed by atoms with Crippen LogP contribution in [0.1, 0.15) is 16.7 Å². The molecule has 1 aliphatic heterocycles. The molecule has 0 saturated carbocycles. The molecule has 2 heteroatoms. The second kappa shape index (κ2) is 8.51. The molecule has 4 rings (SSSR count). The zero-order chi connectivity index (χ0) is 18.4. The van der Waals surface area contributed by atoms with Crippen LogP contribution in [0.4, 0.5) is 0 Å². The highest BCUT2D eigenvalue weighted by atomic mass is 16.5. The lowest BCUT2D eigenvalue weighted by atomic mass is 9.82. The molecular formula is C25H27NO. The van der Waals surface area contributed by atoms with Gasteiger partial charge in [-0.25, -0.2) is 0 Å². The summed E-state index contributed by atoms with van der Waals surface area (Å²) in [4.78, 5) is 2.64. The maximum Gasteiger partial charge on any atom is 0.0657 e. The van der Waals surface area contributed by atoms with Gasteiger partial charge in [0.15, 0.2) is 0 Å². The maximum atomic E-state index is 6.06. The average molecular weight is 357 g/mol. The van der Waals surface area contributed by atoms with Crippen LogP contribution in [0.3, 0.4) is 0 Å². The predicted octanol–water partition coefficient (Wildman–Crippen LogP) is 4.74. The SMILES string of the molecule is c1ccc(CN2CCOCC2(Cc2ccccc2)Cc2ccccc2)cc1. The Bertz CT molecular complexity index is 775. The minimum Gasteiger partial charge on any atom is -0.378 e. The number of ether oxygens (including phenoxy) is 1. The zero-order valence-corrected chi connectivity index (χ0v) is 15.8. The first-order valence-electron chi connectivity index (χ1n) is 9.79. The van der Waals surface area contributed by atoms with Crippen molar-refractivity contribution < 1.29 is 4.74 Å². The van der Waals surface area contributed by atoms with Crippen molar-refractivity contribution in [2.45, 2.75) is 24.9 Å². The first kappa shape index (κ1) is 18.0. The van der Waals surface area contributed by atoms with Gasteiger partial charge in [0.25, 0.3) is 0 Å². The van der Waals surface area contributed by atoms with Crippen LogP contribution in [0.15, 0.2) is 91.0 Å². The number of hydrogen-bond donors (Lipinski definition) is 0. The van der Waals surface area contributed by atoms with Gasteiger partial charge < -0.3 is 4.74 Å². The summed E-state index contributed by atoms with van der Waals surface area (Å²) >= 11 is 0. The van der Waals surface area contributed by atoms with Gasteiger partial charge in [0.2, 0.25) is 0 Å². The Hall–Kier alpha value is -2.42. The smallest absolute Gasteiger partial charge is 0.0657 e. The summed E-state index contributed by atoms with van der Waals surface area (Å²) < 4.78 is 6.06. The second-order valence-corrected chi connectivity index (χ2v) is 7.51. The summed E-state index contributed by atoms with van der Waals surface area (Å²) in [7, 11) is 0. The van der Waals surface area contributed by atoms with Crippen molar-refractivity contribution in [2.75, 3.05) is 19.8 Å². The van der Waals surface area contributed by atoms with E-state index in [9.17, 15) is 0 Å². The molecular weight excluding hydrogens is 330 g/mol. The van der Waals surface area contributed by atoms with Crippen LogP contribution in [-0.4, -0.2) is 30.2 Å². The molecule has 2 nitrogen and oxygen atoms in total. The van der Waals surface area contributed by atoms with E-state index in [-0.39, 0.29) is 5.54 Å². The van der Waals surface area contributed by atoms with Crippen molar-refractivity contribution in [3.8, 4) is 0 Å². The topological polar surface area (TPSA) is 12.5 Å². The molecule has 1 heterocycles. The quantitative estimate of drug-likeness (QED) is 0.632. The van der Waals surface area contributed by atoms with Gasteiger partial charge in [0.1, 0.15) is 0 Å². The summed E-state index contributed by atoms with van der Waals surface area (Å²) in [6.45, 7) is 3.50. The van der Waals surface area contributed by atoms with E-state index in [1.165, 1.54) is 16.7 Å². The van der Waals surface area contributed by atoms with Crippen molar-refractivity contribution in [2.24, 2.45) is 0 Å². The van der Waals surface area contributed by atoms with Gasteiger partial charge in [0.05, 0.1) is 18.8 Å². The highest BCUT2D eigenvalue weighted by Gasteiger charge is 2.39. The minimum atomic E-state index is -0.0310.